The van der Waals surface area contributed by atoms with Gasteiger partial charge in [-0.25, -0.2) is 0 Å². The van der Waals surface area contributed by atoms with E-state index in [-0.39, 0.29) is 5.75 Å². The monoisotopic (exact) mass is 233 g/mol. The summed E-state index contributed by atoms with van der Waals surface area (Å²) in [5.74, 6) is 1.29. The first-order valence-electron chi connectivity index (χ1n) is 5.46. The van der Waals surface area contributed by atoms with E-state index in [1.807, 2.05) is 31.9 Å². The molecular formula is C12H15N3O2. The fourth-order valence-electron chi connectivity index (χ4n) is 1.42. The van der Waals surface area contributed by atoms with Crippen molar-refractivity contribution in [2.75, 3.05) is 18.5 Å². The van der Waals surface area contributed by atoms with Gasteiger partial charge in [0.05, 0.1) is 0 Å². The van der Waals surface area contributed by atoms with E-state index in [9.17, 15) is 5.11 Å². The lowest BCUT2D eigenvalue weighted by molar-refractivity contribution is 0.430. The van der Waals surface area contributed by atoms with E-state index in [2.05, 4.69) is 10.1 Å². The van der Waals surface area contributed by atoms with E-state index in [0.29, 0.717) is 11.8 Å². The van der Waals surface area contributed by atoms with Crippen LogP contribution in [0.3, 0.4) is 0 Å². The number of hydrogen-bond acceptors (Lipinski definition) is 5. The molecule has 0 saturated heterocycles. The maximum atomic E-state index is 9.45. The first kappa shape index (κ1) is 11.4. The molecule has 5 heteroatoms. The normalized spacial score (nSPS) is 10.5. The number of anilines is 1. The van der Waals surface area contributed by atoms with Gasteiger partial charge in [-0.2, -0.15) is 4.98 Å². The number of aromatic hydroxyl groups is 1. The molecular weight excluding hydrogens is 218 g/mol. The highest BCUT2D eigenvalue weighted by molar-refractivity contribution is 5.57. The molecule has 0 bridgehead atoms. The van der Waals surface area contributed by atoms with Gasteiger partial charge >= 0.3 is 0 Å². The van der Waals surface area contributed by atoms with Crippen LogP contribution in [0.25, 0.3) is 11.5 Å². The first-order valence-corrected chi connectivity index (χ1v) is 5.46. The average molecular weight is 233 g/mol. The number of hydrogen-bond donors (Lipinski definition) is 1. The Balaban J connectivity index is 2.33. The van der Waals surface area contributed by atoms with Crippen LogP contribution in [0, 0.1) is 6.92 Å². The summed E-state index contributed by atoms with van der Waals surface area (Å²) in [4.78, 5) is 6.18. The van der Waals surface area contributed by atoms with Crippen LogP contribution >= 0.6 is 0 Å². The minimum Gasteiger partial charge on any atom is -0.508 e. The van der Waals surface area contributed by atoms with Gasteiger partial charge in [-0.3, -0.25) is 0 Å². The first-order chi connectivity index (χ1) is 8.11. The zero-order valence-corrected chi connectivity index (χ0v) is 10.1. The predicted molar refractivity (Wildman–Crippen MR) is 65.1 cm³/mol. The van der Waals surface area contributed by atoms with Crippen molar-refractivity contribution in [3.8, 4) is 17.2 Å². The zero-order valence-electron chi connectivity index (χ0n) is 10.1. The number of rotatable bonds is 3. The van der Waals surface area contributed by atoms with Crippen molar-refractivity contribution in [2.45, 2.75) is 13.8 Å². The van der Waals surface area contributed by atoms with Crippen LogP contribution in [-0.4, -0.2) is 28.8 Å². The average Bonchev–Trinajstić information content (AvgIpc) is 2.81. The van der Waals surface area contributed by atoms with Gasteiger partial charge in [0.15, 0.2) is 0 Å². The van der Waals surface area contributed by atoms with Crippen LogP contribution in [0.2, 0.25) is 0 Å². The summed E-state index contributed by atoms with van der Waals surface area (Å²) in [5, 5.41) is 13.3. The largest absolute Gasteiger partial charge is 0.508 e. The van der Waals surface area contributed by atoms with Crippen molar-refractivity contribution in [2.24, 2.45) is 0 Å². The van der Waals surface area contributed by atoms with Gasteiger partial charge in [0.25, 0.3) is 11.8 Å². The summed E-state index contributed by atoms with van der Waals surface area (Å²) >= 11 is 0. The SMILES string of the molecule is CCN(C)c1noc(-c2ccc(O)c(C)c2)n1. The van der Waals surface area contributed by atoms with Crippen molar-refractivity contribution < 1.29 is 9.63 Å². The number of aryl methyl sites for hydroxylation is 1. The van der Waals surface area contributed by atoms with Crippen molar-refractivity contribution in [3.05, 3.63) is 23.8 Å². The van der Waals surface area contributed by atoms with E-state index < -0.39 is 0 Å². The smallest absolute Gasteiger partial charge is 0.266 e. The van der Waals surface area contributed by atoms with Crippen molar-refractivity contribution in [3.63, 3.8) is 0 Å². The Kier molecular flexibility index (Phi) is 2.99. The number of benzene rings is 1. The lowest BCUT2D eigenvalue weighted by atomic mass is 10.1. The molecule has 1 N–H and O–H groups in total. The molecule has 0 aliphatic carbocycles. The molecule has 5 nitrogen and oxygen atoms in total. The van der Waals surface area contributed by atoms with E-state index in [0.717, 1.165) is 17.7 Å². The van der Waals surface area contributed by atoms with Gasteiger partial charge in [0, 0.05) is 19.2 Å². The minimum atomic E-state index is 0.263. The van der Waals surface area contributed by atoms with Crippen LogP contribution in [0.15, 0.2) is 22.7 Å². The molecule has 2 rings (SSSR count). The number of nitrogens with zero attached hydrogens (tertiary/aromatic N) is 3. The standard InChI is InChI=1S/C12H15N3O2/c1-4-15(3)12-13-11(17-14-12)9-5-6-10(16)8(2)7-9/h5-7,16H,4H2,1-3H3. The van der Waals surface area contributed by atoms with Gasteiger partial charge in [0.1, 0.15) is 5.75 Å². The maximum Gasteiger partial charge on any atom is 0.266 e. The Morgan fingerprint density at radius 2 is 2.18 bits per heavy atom. The fourth-order valence-corrected chi connectivity index (χ4v) is 1.42. The summed E-state index contributed by atoms with van der Waals surface area (Å²) in [6, 6.07) is 5.20. The lowest BCUT2D eigenvalue weighted by Gasteiger charge is -2.08. The van der Waals surface area contributed by atoms with Crippen LogP contribution in [0.4, 0.5) is 5.95 Å². The summed E-state index contributed by atoms with van der Waals surface area (Å²) in [7, 11) is 1.90. The Bertz CT molecular complexity index is 522. The molecule has 1 aromatic carbocycles. The molecule has 1 heterocycles. The van der Waals surface area contributed by atoms with E-state index in [1.165, 1.54) is 0 Å². The van der Waals surface area contributed by atoms with Crippen LogP contribution < -0.4 is 4.90 Å². The maximum absolute atomic E-state index is 9.45. The summed E-state index contributed by atoms with van der Waals surface area (Å²) in [5.41, 5.74) is 1.59. The van der Waals surface area contributed by atoms with Gasteiger partial charge in [-0.05, 0) is 42.8 Å². The van der Waals surface area contributed by atoms with E-state index in [1.54, 1.807) is 12.1 Å². The molecule has 0 amide bonds. The molecule has 17 heavy (non-hydrogen) atoms. The number of phenols is 1. The molecule has 0 atom stereocenters. The molecule has 2 aromatic rings. The van der Waals surface area contributed by atoms with Gasteiger partial charge in [0.2, 0.25) is 0 Å². The topological polar surface area (TPSA) is 62.4 Å². The minimum absolute atomic E-state index is 0.263. The molecule has 1 aromatic heterocycles. The molecule has 0 fully saturated rings. The Labute approximate surface area is 99.7 Å². The van der Waals surface area contributed by atoms with Gasteiger partial charge in [-0.15, -0.1) is 0 Å². The highest BCUT2D eigenvalue weighted by Crippen LogP contribution is 2.25. The van der Waals surface area contributed by atoms with Crippen LogP contribution in [-0.2, 0) is 0 Å². The predicted octanol–water partition coefficient (Wildman–Crippen LogP) is 2.21. The van der Waals surface area contributed by atoms with Crippen molar-refractivity contribution in [1.29, 1.82) is 0 Å². The number of aromatic nitrogens is 2. The second kappa shape index (κ2) is 4.45. The highest BCUT2D eigenvalue weighted by Gasteiger charge is 2.11. The Morgan fingerprint density at radius 1 is 1.41 bits per heavy atom. The van der Waals surface area contributed by atoms with Gasteiger partial charge in [-0.1, -0.05) is 0 Å². The molecule has 0 saturated carbocycles. The van der Waals surface area contributed by atoms with Crippen LogP contribution in [0.5, 0.6) is 5.75 Å². The van der Waals surface area contributed by atoms with Gasteiger partial charge < -0.3 is 14.5 Å². The third-order valence-electron chi connectivity index (χ3n) is 2.67. The number of phenolic OH excluding ortho intramolecular Hbond substituents is 1. The summed E-state index contributed by atoms with van der Waals surface area (Å²) < 4.78 is 5.18. The zero-order chi connectivity index (χ0) is 12.4. The highest BCUT2D eigenvalue weighted by atomic mass is 16.5. The third kappa shape index (κ3) is 2.22. The second-order valence-corrected chi connectivity index (χ2v) is 3.91. The second-order valence-electron chi connectivity index (χ2n) is 3.91. The Morgan fingerprint density at radius 3 is 2.82 bits per heavy atom. The third-order valence-corrected chi connectivity index (χ3v) is 2.67. The molecule has 0 spiro atoms. The fraction of sp³-hybridized carbons (Fsp3) is 0.333. The summed E-state index contributed by atoms with van der Waals surface area (Å²) in [6.45, 7) is 4.66. The molecule has 90 valence electrons. The molecule has 0 aliphatic rings. The molecule has 0 unspecified atom stereocenters. The molecule has 0 aliphatic heterocycles. The molecule has 0 radical (unpaired) electrons. The van der Waals surface area contributed by atoms with E-state index >= 15 is 0 Å². The van der Waals surface area contributed by atoms with Crippen LogP contribution in [0.1, 0.15) is 12.5 Å². The quantitative estimate of drug-likeness (QED) is 0.880. The van der Waals surface area contributed by atoms with E-state index in [4.69, 9.17) is 4.52 Å². The Hall–Kier alpha value is -2.04. The summed E-state index contributed by atoms with van der Waals surface area (Å²) in [6.07, 6.45) is 0. The van der Waals surface area contributed by atoms with Crippen molar-refractivity contribution >= 4 is 5.95 Å². The lowest BCUT2D eigenvalue weighted by Crippen LogP contribution is -2.16. The van der Waals surface area contributed by atoms with Crippen molar-refractivity contribution in [1.82, 2.24) is 10.1 Å².